The Morgan fingerprint density at radius 2 is 1.84 bits per heavy atom. The third kappa shape index (κ3) is 7.91. The lowest BCUT2D eigenvalue weighted by Crippen LogP contribution is -2.36. The summed E-state index contributed by atoms with van der Waals surface area (Å²) in [5.41, 5.74) is 1.43. The van der Waals surface area contributed by atoms with Crippen LogP contribution in [0.3, 0.4) is 0 Å². The Labute approximate surface area is 261 Å². The fourth-order valence-corrected chi connectivity index (χ4v) is 8.04. The number of ether oxygens (including phenoxy) is 2. The number of carboxylic acid groups (broad SMARTS) is 1. The van der Waals surface area contributed by atoms with Crippen LogP contribution in [-0.2, 0) is 29.1 Å². The van der Waals surface area contributed by atoms with Crippen molar-refractivity contribution in [2.45, 2.75) is 49.3 Å². The molecule has 238 valence electrons. The van der Waals surface area contributed by atoms with Gasteiger partial charge >= 0.3 is 5.97 Å². The largest absolute Gasteiger partial charge is 0.481 e. The topological polar surface area (TPSA) is 151 Å². The summed E-state index contributed by atoms with van der Waals surface area (Å²) >= 11 is 1.33. The Morgan fingerprint density at radius 1 is 1.11 bits per heavy atom. The number of amides is 1. The van der Waals surface area contributed by atoms with E-state index in [2.05, 4.69) is 15.2 Å². The molecular weight excluding hydrogens is 606 g/mol. The van der Waals surface area contributed by atoms with E-state index in [-0.39, 0.29) is 36.9 Å². The first-order chi connectivity index (χ1) is 21.2. The van der Waals surface area contributed by atoms with E-state index in [9.17, 15) is 18.0 Å². The number of carboxylic acids is 1. The molecule has 1 atom stereocenters. The molecule has 3 heterocycles. The van der Waals surface area contributed by atoms with Gasteiger partial charge in [0, 0.05) is 33.3 Å². The number of nitrogens with zero attached hydrogens (tertiary/aromatic N) is 4. The van der Waals surface area contributed by atoms with E-state index in [4.69, 9.17) is 19.6 Å². The molecule has 12 nitrogen and oxygen atoms in total. The molecule has 2 fully saturated rings. The zero-order chi connectivity index (χ0) is 31.1. The number of thiazole rings is 1. The summed E-state index contributed by atoms with van der Waals surface area (Å²) in [6.45, 7) is 2.88. The molecule has 2 aliphatic rings. The van der Waals surface area contributed by atoms with Gasteiger partial charge in [0.05, 0.1) is 37.1 Å². The standard InChI is InChI=1S/C30H39N5O7S2/c1-41-17-16-35(13-12-27(36)37)44(39,40)23-8-6-22(7-9-23)24(20-21-4-2-3-5-21)28(38)33-30-31-25-10-11-26(32-29(25)43-30)34-14-18-42-19-15-34/h6-11,21,24H,2-5,12-20H2,1H3,(H,36,37)(H,31,33,38)/t24-/m1/s1. The van der Waals surface area contributed by atoms with E-state index in [1.165, 1.54) is 30.6 Å². The van der Waals surface area contributed by atoms with Gasteiger partial charge in [-0.1, -0.05) is 49.2 Å². The highest BCUT2D eigenvalue weighted by atomic mass is 32.2. The average Bonchev–Trinajstić information content (AvgIpc) is 3.69. The number of carbonyl (C=O) groups excluding carboxylic acids is 1. The molecule has 1 saturated heterocycles. The lowest BCUT2D eigenvalue weighted by atomic mass is 9.87. The maximum atomic E-state index is 13.8. The number of aliphatic carboxylic acids is 1. The number of nitrogens with one attached hydrogen (secondary N) is 1. The highest BCUT2D eigenvalue weighted by Gasteiger charge is 2.29. The fourth-order valence-electron chi connectivity index (χ4n) is 5.78. The second-order valence-electron chi connectivity index (χ2n) is 11.1. The number of morpholine rings is 1. The van der Waals surface area contributed by atoms with Crippen molar-refractivity contribution in [3.05, 3.63) is 42.0 Å². The lowest BCUT2D eigenvalue weighted by molar-refractivity contribution is -0.137. The van der Waals surface area contributed by atoms with Gasteiger partial charge in [0.2, 0.25) is 15.9 Å². The van der Waals surface area contributed by atoms with Crippen molar-refractivity contribution in [1.82, 2.24) is 14.3 Å². The van der Waals surface area contributed by atoms with Gasteiger partial charge in [-0.05, 0) is 42.2 Å². The fraction of sp³-hybridized carbons (Fsp3) is 0.533. The minimum atomic E-state index is -3.97. The van der Waals surface area contributed by atoms with Crippen LogP contribution in [0, 0.1) is 5.92 Å². The predicted molar refractivity (Wildman–Crippen MR) is 168 cm³/mol. The molecule has 1 aromatic carbocycles. The van der Waals surface area contributed by atoms with E-state index >= 15 is 0 Å². The number of benzene rings is 1. The molecule has 5 rings (SSSR count). The summed E-state index contributed by atoms with van der Waals surface area (Å²) in [6.07, 6.45) is 4.73. The van der Waals surface area contributed by atoms with Crippen LogP contribution in [0.5, 0.6) is 0 Å². The molecule has 0 unspecified atom stereocenters. The molecule has 0 bridgehead atoms. The molecule has 1 aliphatic carbocycles. The number of hydrogen-bond acceptors (Lipinski definition) is 10. The third-order valence-electron chi connectivity index (χ3n) is 8.21. The molecule has 1 saturated carbocycles. The molecule has 14 heteroatoms. The van der Waals surface area contributed by atoms with Crippen molar-refractivity contribution in [2.75, 3.05) is 63.3 Å². The van der Waals surface area contributed by atoms with Crippen molar-refractivity contribution in [1.29, 1.82) is 0 Å². The highest BCUT2D eigenvalue weighted by molar-refractivity contribution is 7.89. The van der Waals surface area contributed by atoms with Crippen LogP contribution in [0.15, 0.2) is 41.3 Å². The van der Waals surface area contributed by atoms with Crippen LogP contribution < -0.4 is 10.2 Å². The van der Waals surface area contributed by atoms with Crippen molar-refractivity contribution in [3.63, 3.8) is 0 Å². The molecule has 2 aromatic heterocycles. The lowest BCUT2D eigenvalue weighted by Gasteiger charge is -2.27. The number of sulfonamides is 1. The summed E-state index contributed by atoms with van der Waals surface area (Å²) in [5.74, 6) is -0.498. The normalized spacial score (nSPS) is 16.9. The highest BCUT2D eigenvalue weighted by Crippen LogP contribution is 2.36. The first-order valence-electron chi connectivity index (χ1n) is 15.0. The van der Waals surface area contributed by atoms with Gasteiger partial charge in [0.15, 0.2) is 5.13 Å². The minimum absolute atomic E-state index is 0.0333. The number of hydrogen-bond donors (Lipinski definition) is 2. The van der Waals surface area contributed by atoms with Crippen molar-refractivity contribution >= 4 is 54.5 Å². The van der Waals surface area contributed by atoms with Crippen LogP contribution in [0.4, 0.5) is 10.9 Å². The summed E-state index contributed by atoms with van der Waals surface area (Å²) in [7, 11) is -2.51. The number of fused-ring (bicyclic) bond motifs is 1. The Balaban J connectivity index is 1.35. The third-order valence-corrected chi connectivity index (χ3v) is 11.0. The van der Waals surface area contributed by atoms with Crippen LogP contribution in [0.25, 0.3) is 10.3 Å². The first kappa shape index (κ1) is 32.2. The van der Waals surface area contributed by atoms with Crippen LogP contribution >= 0.6 is 11.3 Å². The van der Waals surface area contributed by atoms with Gasteiger partial charge in [0.25, 0.3) is 0 Å². The first-order valence-corrected chi connectivity index (χ1v) is 17.2. The van der Waals surface area contributed by atoms with E-state index < -0.39 is 21.9 Å². The number of methoxy groups -OCH3 is 1. The molecule has 2 N–H and O–H groups in total. The Morgan fingerprint density at radius 3 is 2.52 bits per heavy atom. The molecule has 1 aliphatic heterocycles. The molecule has 0 radical (unpaired) electrons. The molecular formula is C30H39N5O7S2. The van der Waals surface area contributed by atoms with Crippen LogP contribution in [0.2, 0.25) is 0 Å². The van der Waals surface area contributed by atoms with Gasteiger partial charge in [0.1, 0.15) is 16.2 Å². The van der Waals surface area contributed by atoms with Crippen molar-refractivity contribution in [2.24, 2.45) is 5.92 Å². The van der Waals surface area contributed by atoms with Gasteiger partial charge in [-0.3, -0.25) is 9.59 Å². The Hall–Kier alpha value is -3.17. The maximum Gasteiger partial charge on any atom is 0.304 e. The van der Waals surface area contributed by atoms with Gasteiger partial charge < -0.3 is 24.8 Å². The Bertz CT molecular complexity index is 1530. The van der Waals surface area contributed by atoms with Gasteiger partial charge in [-0.2, -0.15) is 4.31 Å². The molecule has 3 aromatic rings. The summed E-state index contributed by atoms with van der Waals surface area (Å²) < 4.78 is 38.3. The number of pyridine rings is 1. The summed E-state index contributed by atoms with van der Waals surface area (Å²) in [5, 5.41) is 12.6. The number of anilines is 2. The van der Waals surface area contributed by atoms with Crippen LogP contribution in [-0.4, -0.2) is 92.8 Å². The van der Waals surface area contributed by atoms with Crippen molar-refractivity contribution < 1.29 is 32.6 Å². The quantitative estimate of drug-likeness (QED) is 0.264. The summed E-state index contributed by atoms with van der Waals surface area (Å²) in [4.78, 5) is 37.2. The van der Waals surface area contributed by atoms with E-state index in [0.717, 1.165) is 59.3 Å². The Kier molecular flexibility index (Phi) is 10.8. The maximum absolute atomic E-state index is 13.8. The molecule has 1 amide bonds. The minimum Gasteiger partial charge on any atom is -0.481 e. The molecule has 44 heavy (non-hydrogen) atoms. The average molecular weight is 646 g/mol. The van der Waals surface area contributed by atoms with E-state index in [0.29, 0.717) is 36.2 Å². The monoisotopic (exact) mass is 645 g/mol. The second-order valence-corrected chi connectivity index (χ2v) is 14.1. The predicted octanol–water partition coefficient (Wildman–Crippen LogP) is 3.94. The number of aromatic nitrogens is 2. The smallest absolute Gasteiger partial charge is 0.304 e. The number of carbonyl (C=O) groups is 2. The summed E-state index contributed by atoms with van der Waals surface area (Å²) in [6, 6.07) is 10.2. The molecule has 0 spiro atoms. The van der Waals surface area contributed by atoms with Crippen LogP contribution in [0.1, 0.15) is 50.0 Å². The zero-order valence-electron chi connectivity index (χ0n) is 24.8. The zero-order valence-corrected chi connectivity index (χ0v) is 26.4. The van der Waals surface area contributed by atoms with E-state index in [1.54, 1.807) is 12.1 Å². The van der Waals surface area contributed by atoms with E-state index in [1.807, 2.05) is 12.1 Å². The SMILES string of the molecule is COCCN(CCC(=O)O)S(=O)(=O)c1ccc([C@@H](CC2CCCC2)C(=O)Nc2nc3ccc(N4CCOCC4)nc3s2)cc1. The van der Waals surface area contributed by atoms with Crippen molar-refractivity contribution in [3.8, 4) is 0 Å². The number of rotatable bonds is 14. The second kappa shape index (κ2) is 14.7. The van der Waals surface area contributed by atoms with Gasteiger partial charge in [-0.25, -0.2) is 18.4 Å². The van der Waals surface area contributed by atoms with Gasteiger partial charge in [-0.15, -0.1) is 0 Å².